The number of hydrogen-bond donors (Lipinski definition) is 1. The number of nitrogens with zero attached hydrogens (tertiary/aromatic N) is 3. The molecule has 3 aliphatic rings. The average Bonchev–Trinajstić information content (AvgIpc) is 2.86. The lowest BCUT2D eigenvalue weighted by Gasteiger charge is -2.47. The van der Waals surface area contributed by atoms with Crippen molar-refractivity contribution in [2.24, 2.45) is 11.3 Å². The molecule has 188 valence electrons. The van der Waals surface area contributed by atoms with Crippen LogP contribution in [-0.2, 0) is 22.6 Å². The van der Waals surface area contributed by atoms with Crippen molar-refractivity contribution in [3.8, 4) is 5.75 Å². The van der Waals surface area contributed by atoms with Gasteiger partial charge < -0.3 is 14.2 Å². The van der Waals surface area contributed by atoms with Gasteiger partial charge in [0.05, 0.1) is 7.11 Å². The Kier molecular flexibility index (Phi) is 6.26. The van der Waals surface area contributed by atoms with E-state index in [1.54, 1.807) is 31.4 Å². The highest BCUT2D eigenvalue weighted by molar-refractivity contribution is 6.19. The van der Waals surface area contributed by atoms with E-state index < -0.39 is 23.3 Å². The molecule has 0 radical (unpaired) electrons. The SMILES string of the molecule is C=CCN1C(=O)NC(=O)[C@@](Cc2ccc(OC)cc2)(CN2C[C@H]3C[C@H](C2)c2cccc(=O)n2C3)C1=O. The Hall–Kier alpha value is -3.72. The van der Waals surface area contributed by atoms with Crippen LogP contribution in [0, 0.1) is 11.3 Å². The molecule has 1 N–H and O–H groups in total. The fraction of sp³-hybridized carbons (Fsp3) is 0.407. The van der Waals surface area contributed by atoms with Crippen molar-refractivity contribution in [1.29, 1.82) is 0 Å². The maximum atomic E-state index is 13.8. The summed E-state index contributed by atoms with van der Waals surface area (Å²) in [6.45, 7) is 5.77. The van der Waals surface area contributed by atoms with Crippen LogP contribution in [0.2, 0.25) is 0 Å². The molecule has 2 aromatic rings. The van der Waals surface area contributed by atoms with Crippen LogP contribution in [0.1, 0.15) is 23.6 Å². The van der Waals surface area contributed by atoms with E-state index in [0.29, 0.717) is 25.4 Å². The molecule has 2 fully saturated rings. The van der Waals surface area contributed by atoms with E-state index in [-0.39, 0.29) is 36.9 Å². The lowest BCUT2D eigenvalue weighted by molar-refractivity contribution is -0.153. The number of carbonyl (C=O) groups excluding carboxylic acids is 3. The van der Waals surface area contributed by atoms with Crippen LogP contribution in [0.15, 0.2) is 59.9 Å². The second-order valence-corrected chi connectivity index (χ2v) is 9.96. The zero-order chi connectivity index (χ0) is 25.4. The molecule has 9 heteroatoms. The van der Waals surface area contributed by atoms with Gasteiger partial charge in [0.15, 0.2) is 0 Å². The lowest BCUT2D eigenvalue weighted by Crippen LogP contribution is -2.68. The standard InChI is InChI=1S/C27H30N4O5/c1-3-11-30-25(34)27(24(33)28-26(30)35,13-18-7-9-21(36-2)10-8-18)17-29-14-19-12-20(16-29)22-5-4-6-23(32)31(22)15-19/h3-10,19-20H,1,11-17H2,2H3,(H,28,33,35)/t19-,20-,27-/m1/s1. The van der Waals surface area contributed by atoms with Crippen molar-refractivity contribution >= 4 is 17.8 Å². The number of ether oxygens (including phenoxy) is 1. The van der Waals surface area contributed by atoms with Crippen molar-refractivity contribution < 1.29 is 19.1 Å². The van der Waals surface area contributed by atoms with E-state index in [1.165, 1.54) is 6.08 Å². The number of rotatable bonds is 7. The summed E-state index contributed by atoms with van der Waals surface area (Å²) in [5, 5.41) is 2.42. The van der Waals surface area contributed by atoms with Gasteiger partial charge in [-0.3, -0.25) is 24.6 Å². The van der Waals surface area contributed by atoms with Crippen molar-refractivity contribution in [1.82, 2.24) is 19.7 Å². The first-order valence-electron chi connectivity index (χ1n) is 12.2. The predicted molar refractivity (Wildman–Crippen MR) is 133 cm³/mol. The fourth-order valence-electron chi connectivity index (χ4n) is 5.98. The largest absolute Gasteiger partial charge is 0.497 e. The van der Waals surface area contributed by atoms with Gasteiger partial charge in [-0.15, -0.1) is 6.58 Å². The second-order valence-electron chi connectivity index (χ2n) is 9.96. The maximum Gasteiger partial charge on any atom is 0.331 e. The van der Waals surface area contributed by atoms with Crippen LogP contribution in [0.25, 0.3) is 0 Å². The van der Waals surface area contributed by atoms with Gasteiger partial charge in [-0.2, -0.15) is 0 Å². The highest BCUT2D eigenvalue weighted by atomic mass is 16.5. The van der Waals surface area contributed by atoms with Crippen LogP contribution in [-0.4, -0.2) is 65.5 Å². The number of barbiturate groups is 1. The second kappa shape index (κ2) is 9.39. The van der Waals surface area contributed by atoms with Crippen LogP contribution in [0.5, 0.6) is 5.75 Å². The number of amides is 4. The fourth-order valence-corrected chi connectivity index (χ4v) is 5.98. The third-order valence-corrected chi connectivity index (χ3v) is 7.58. The summed E-state index contributed by atoms with van der Waals surface area (Å²) >= 11 is 0. The number of methoxy groups -OCH3 is 1. The number of pyridine rings is 1. The van der Waals surface area contributed by atoms with E-state index in [4.69, 9.17) is 4.74 Å². The summed E-state index contributed by atoms with van der Waals surface area (Å²) in [6.07, 6.45) is 2.59. The predicted octanol–water partition coefficient (Wildman–Crippen LogP) is 1.77. The van der Waals surface area contributed by atoms with Crippen LogP contribution in [0.3, 0.4) is 0 Å². The van der Waals surface area contributed by atoms with Crippen molar-refractivity contribution in [3.05, 3.63) is 76.7 Å². The number of urea groups is 1. The topological polar surface area (TPSA) is 101 Å². The molecule has 9 nitrogen and oxygen atoms in total. The number of likely N-dealkylation sites (tertiary alicyclic amines) is 1. The highest BCUT2D eigenvalue weighted by Gasteiger charge is 2.55. The zero-order valence-electron chi connectivity index (χ0n) is 20.3. The van der Waals surface area contributed by atoms with Gasteiger partial charge in [0, 0.05) is 50.4 Å². The number of imide groups is 2. The molecular weight excluding hydrogens is 460 g/mol. The van der Waals surface area contributed by atoms with E-state index >= 15 is 0 Å². The molecule has 4 amide bonds. The summed E-state index contributed by atoms with van der Waals surface area (Å²) in [4.78, 5) is 55.5. The first-order valence-corrected chi connectivity index (χ1v) is 12.2. The summed E-state index contributed by atoms with van der Waals surface area (Å²) in [5.74, 6) is -0.0482. The minimum absolute atomic E-state index is 0.00652. The van der Waals surface area contributed by atoms with Crippen molar-refractivity contribution in [2.45, 2.75) is 25.3 Å². The van der Waals surface area contributed by atoms with E-state index in [0.717, 1.165) is 22.6 Å². The number of aromatic nitrogens is 1. The Labute approximate surface area is 209 Å². The van der Waals surface area contributed by atoms with Gasteiger partial charge in [-0.05, 0) is 42.5 Å². The first-order chi connectivity index (χ1) is 17.3. The van der Waals surface area contributed by atoms with E-state index in [9.17, 15) is 19.2 Å². The summed E-state index contributed by atoms with van der Waals surface area (Å²) in [5.41, 5.74) is 0.317. The Balaban J connectivity index is 1.49. The summed E-state index contributed by atoms with van der Waals surface area (Å²) in [6, 6.07) is 11.9. The highest BCUT2D eigenvalue weighted by Crippen LogP contribution is 2.38. The Morgan fingerprint density at radius 3 is 2.58 bits per heavy atom. The normalized spacial score (nSPS) is 25.8. The number of fused-ring (bicyclic) bond motifs is 4. The van der Waals surface area contributed by atoms with Crippen molar-refractivity contribution in [2.75, 3.05) is 33.3 Å². The monoisotopic (exact) mass is 490 g/mol. The molecule has 2 bridgehead atoms. The molecule has 0 spiro atoms. The van der Waals surface area contributed by atoms with Gasteiger partial charge in [0.1, 0.15) is 11.2 Å². The zero-order valence-corrected chi connectivity index (χ0v) is 20.3. The third kappa shape index (κ3) is 4.13. The molecule has 2 saturated heterocycles. The Morgan fingerprint density at radius 2 is 1.86 bits per heavy atom. The molecule has 1 aromatic heterocycles. The minimum atomic E-state index is -1.48. The molecular formula is C27H30N4O5. The van der Waals surface area contributed by atoms with Crippen LogP contribution >= 0.6 is 0 Å². The minimum Gasteiger partial charge on any atom is -0.497 e. The third-order valence-electron chi connectivity index (χ3n) is 7.58. The van der Waals surface area contributed by atoms with Gasteiger partial charge in [0.25, 0.3) is 5.56 Å². The lowest BCUT2D eigenvalue weighted by atomic mass is 9.75. The molecule has 3 aliphatic heterocycles. The van der Waals surface area contributed by atoms with Gasteiger partial charge in [-0.1, -0.05) is 24.3 Å². The van der Waals surface area contributed by atoms with E-state index in [1.807, 2.05) is 22.8 Å². The quantitative estimate of drug-likeness (QED) is 0.469. The Morgan fingerprint density at radius 1 is 1.08 bits per heavy atom. The number of benzene rings is 1. The molecule has 3 atom stereocenters. The molecule has 5 rings (SSSR count). The first kappa shape index (κ1) is 24.0. The van der Waals surface area contributed by atoms with Gasteiger partial charge in [0.2, 0.25) is 11.8 Å². The molecule has 36 heavy (non-hydrogen) atoms. The number of nitrogens with one attached hydrogen (secondary N) is 1. The maximum absolute atomic E-state index is 13.8. The molecule has 4 heterocycles. The molecule has 0 saturated carbocycles. The summed E-state index contributed by atoms with van der Waals surface area (Å²) in [7, 11) is 1.58. The van der Waals surface area contributed by atoms with Crippen molar-refractivity contribution in [3.63, 3.8) is 0 Å². The number of hydrogen-bond acceptors (Lipinski definition) is 6. The van der Waals surface area contributed by atoms with Gasteiger partial charge in [-0.25, -0.2) is 4.79 Å². The van der Waals surface area contributed by atoms with Crippen LogP contribution in [0.4, 0.5) is 4.79 Å². The number of carbonyl (C=O) groups is 3. The molecule has 0 unspecified atom stereocenters. The Bertz CT molecular complexity index is 1270. The molecule has 0 aliphatic carbocycles. The van der Waals surface area contributed by atoms with E-state index in [2.05, 4.69) is 16.8 Å². The number of piperidine rings is 1. The summed E-state index contributed by atoms with van der Waals surface area (Å²) < 4.78 is 7.10. The average molecular weight is 491 g/mol. The smallest absolute Gasteiger partial charge is 0.331 e. The van der Waals surface area contributed by atoms with Crippen LogP contribution < -0.4 is 15.6 Å². The molecule has 1 aromatic carbocycles. The van der Waals surface area contributed by atoms with Gasteiger partial charge >= 0.3 is 6.03 Å².